The molecule has 1 aliphatic rings. The van der Waals surface area contributed by atoms with Gasteiger partial charge >= 0.3 is 11.9 Å². The summed E-state index contributed by atoms with van der Waals surface area (Å²) in [7, 11) is 2.63. The van der Waals surface area contributed by atoms with E-state index in [1.807, 2.05) is 0 Å². The fraction of sp³-hybridized carbons (Fsp3) is 0.421. The fourth-order valence-electron chi connectivity index (χ4n) is 3.32. The van der Waals surface area contributed by atoms with E-state index in [-0.39, 0.29) is 35.7 Å². The summed E-state index contributed by atoms with van der Waals surface area (Å²) in [6.07, 6.45) is 0. The molecule has 0 fully saturated rings. The molecule has 2 unspecified atom stereocenters. The van der Waals surface area contributed by atoms with Crippen LogP contribution in [0.5, 0.6) is 0 Å². The summed E-state index contributed by atoms with van der Waals surface area (Å²) >= 11 is 0. The summed E-state index contributed by atoms with van der Waals surface area (Å²) in [5.74, 6) is -3.35. The third-order valence-corrected chi connectivity index (χ3v) is 4.41. The van der Waals surface area contributed by atoms with Gasteiger partial charge in [0.05, 0.1) is 36.5 Å². The van der Waals surface area contributed by atoms with Crippen molar-refractivity contribution in [1.82, 2.24) is 0 Å². The Bertz CT molecular complexity index is 844. The van der Waals surface area contributed by atoms with Gasteiger partial charge in [-0.2, -0.15) is 0 Å². The minimum atomic E-state index is -1.00. The Morgan fingerprint density at radius 3 is 2.50 bits per heavy atom. The van der Waals surface area contributed by atoms with E-state index in [1.165, 1.54) is 32.4 Å². The molecule has 1 heterocycles. The van der Waals surface area contributed by atoms with Crippen LogP contribution in [0.1, 0.15) is 25.3 Å². The Morgan fingerprint density at radius 2 is 1.93 bits per heavy atom. The number of hydrogen-bond donors (Lipinski definition) is 0. The van der Waals surface area contributed by atoms with Crippen molar-refractivity contribution in [2.75, 3.05) is 27.4 Å². The first-order valence-electron chi connectivity index (χ1n) is 8.62. The number of rotatable bonds is 7. The fourth-order valence-corrected chi connectivity index (χ4v) is 3.32. The van der Waals surface area contributed by atoms with E-state index in [1.54, 1.807) is 19.9 Å². The van der Waals surface area contributed by atoms with Crippen LogP contribution in [0.2, 0.25) is 0 Å². The van der Waals surface area contributed by atoms with E-state index < -0.39 is 28.7 Å². The van der Waals surface area contributed by atoms with Crippen molar-refractivity contribution >= 4 is 23.3 Å². The zero-order valence-electron chi connectivity index (χ0n) is 16.1. The number of methoxy groups -OCH3 is 2. The Morgan fingerprint density at radius 1 is 1.25 bits per heavy atom. The average Bonchev–Trinajstić information content (AvgIpc) is 2.67. The summed E-state index contributed by atoms with van der Waals surface area (Å²) in [6.45, 7) is 3.37. The third kappa shape index (κ3) is 4.09. The Labute approximate surface area is 162 Å². The molecule has 2 atom stereocenters. The number of ether oxygens (including phenoxy) is 3. The minimum absolute atomic E-state index is 0.0194. The predicted octanol–water partition coefficient (Wildman–Crippen LogP) is 2.41. The van der Waals surface area contributed by atoms with E-state index >= 15 is 0 Å². The van der Waals surface area contributed by atoms with Crippen molar-refractivity contribution < 1.29 is 28.7 Å². The topological polar surface area (TPSA) is 117 Å². The maximum atomic E-state index is 12.7. The second kappa shape index (κ2) is 9.23. The highest BCUT2D eigenvalue weighted by Gasteiger charge is 2.45. The van der Waals surface area contributed by atoms with Gasteiger partial charge in [0.15, 0.2) is 0 Å². The van der Waals surface area contributed by atoms with Crippen LogP contribution in [0, 0.1) is 16.0 Å². The molecule has 9 heteroatoms. The van der Waals surface area contributed by atoms with Crippen molar-refractivity contribution in [3.63, 3.8) is 0 Å². The molecule has 0 aliphatic carbocycles. The zero-order chi connectivity index (χ0) is 20.8. The van der Waals surface area contributed by atoms with Crippen LogP contribution in [0.15, 0.2) is 40.5 Å². The van der Waals surface area contributed by atoms with Crippen LogP contribution < -0.4 is 0 Å². The minimum Gasteiger partial charge on any atom is -0.466 e. The second-order valence-electron chi connectivity index (χ2n) is 6.06. The van der Waals surface area contributed by atoms with Gasteiger partial charge in [-0.25, -0.2) is 4.79 Å². The van der Waals surface area contributed by atoms with E-state index in [4.69, 9.17) is 14.2 Å². The normalized spacial score (nSPS) is 19.1. The summed E-state index contributed by atoms with van der Waals surface area (Å²) in [4.78, 5) is 40.7. The molecular weight excluding hydrogens is 368 g/mol. The van der Waals surface area contributed by atoms with Crippen LogP contribution in [0.4, 0.5) is 5.69 Å². The van der Waals surface area contributed by atoms with E-state index in [0.29, 0.717) is 5.71 Å². The van der Waals surface area contributed by atoms with Gasteiger partial charge < -0.3 is 14.2 Å². The van der Waals surface area contributed by atoms with E-state index in [9.17, 15) is 19.7 Å². The van der Waals surface area contributed by atoms with Gasteiger partial charge in [-0.3, -0.25) is 19.9 Å². The number of carbonyl (C=O) groups is 2. The number of benzene rings is 1. The van der Waals surface area contributed by atoms with Crippen LogP contribution in [0.25, 0.3) is 0 Å². The smallest absolute Gasteiger partial charge is 0.336 e. The molecule has 2 rings (SSSR count). The van der Waals surface area contributed by atoms with Gasteiger partial charge in [0.25, 0.3) is 5.69 Å². The molecule has 0 N–H and O–H groups in total. The lowest BCUT2D eigenvalue weighted by Crippen LogP contribution is -2.37. The van der Waals surface area contributed by atoms with Crippen LogP contribution in [-0.2, 0) is 23.8 Å². The van der Waals surface area contributed by atoms with Gasteiger partial charge in [0.1, 0.15) is 5.92 Å². The molecule has 1 aliphatic heterocycles. The molecule has 0 aromatic heterocycles. The Balaban J connectivity index is 2.80. The lowest BCUT2D eigenvalue weighted by Gasteiger charge is -2.31. The van der Waals surface area contributed by atoms with Crippen LogP contribution >= 0.6 is 0 Å². The number of carbonyl (C=O) groups excluding carboxylic acids is 2. The van der Waals surface area contributed by atoms with Crippen LogP contribution in [0.3, 0.4) is 0 Å². The highest BCUT2D eigenvalue weighted by atomic mass is 16.6. The van der Waals surface area contributed by atoms with Gasteiger partial charge in [0.2, 0.25) is 0 Å². The Hall–Kier alpha value is -3.07. The first kappa shape index (κ1) is 21.2. The predicted molar refractivity (Wildman–Crippen MR) is 100.0 cm³/mol. The lowest BCUT2D eigenvalue weighted by atomic mass is 9.75. The first-order chi connectivity index (χ1) is 13.4. The standard InChI is InChI=1S/C19H22N2O7/c1-5-28-19(23)15-11(2)20-13(10-26-3)17(18(22)27-4)16(15)12-8-6-7-9-14(12)21(24)25/h6-9,15-16H,5,10H2,1-4H3. The summed E-state index contributed by atoms with van der Waals surface area (Å²) in [5.41, 5.74) is 0.669. The van der Waals surface area contributed by atoms with Gasteiger partial charge in [-0.15, -0.1) is 0 Å². The molecule has 0 saturated heterocycles. The van der Waals surface area contributed by atoms with Crippen molar-refractivity contribution in [1.29, 1.82) is 0 Å². The highest BCUT2D eigenvalue weighted by molar-refractivity contribution is 6.07. The molecular formula is C19H22N2O7. The average molecular weight is 390 g/mol. The summed E-state index contributed by atoms with van der Waals surface area (Å²) < 4.78 is 15.2. The number of esters is 2. The maximum Gasteiger partial charge on any atom is 0.336 e. The molecule has 0 radical (unpaired) electrons. The molecule has 0 spiro atoms. The van der Waals surface area contributed by atoms with Crippen molar-refractivity contribution in [3.05, 3.63) is 51.2 Å². The van der Waals surface area contributed by atoms with Crippen molar-refractivity contribution in [2.45, 2.75) is 19.8 Å². The molecule has 0 saturated carbocycles. The van der Waals surface area contributed by atoms with E-state index in [2.05, 4.69) is 4.99 Å². The van der Waals surface area contributed by atoms with E-state index in [0.717, 1.165) is 0 Å². The summed E-state index contributed by atoms with van der Waals surface area (Å²) in [6, 6.07) is 5.96. The largest absolute Gasteiger partial charge is 0.466 e. The zero-order valence-corrected chi connectivity index (χ0v) is 16.1. The molecule has 0 bridgehead atoms. The maximum absolute atomic E-state index is 12.7. The molecule has 1 aromatic carbocycles. The first-order valence-corrected chi connectivity index (χ1v) is 8.62. The number of para-hydroxylation sites is 1. The number of nitro groups is 1. The number of hydrogen-bond acceptors (Lipinski definition) is 8. The summed E-state index contributed by atoms with van der Waals surface area (Å²) in [5, 5.41) is 11.6. The lowest BCUT2D eigenvalue weighted by molar-refractivity contribution is -0.385. The van der Waals surface area contributed by atoms with Crippen LogP contribution in [-0.4, -0.2) is 50.0 Å². The molecule has 150 valence electrons. The molecule has 1 aromatic rings. The van der Waals surface area contributed by atoms with Gasteiger partial charge in [-0.1, -0.05) is 18.2 Å². The third-order valence-electron chi connectivity index (χ3n) is 4.41. The van der Waals surface area contributed by atoms with Crippen molar-refractivity contribution in [2.24, 2.45) is 10.9 Å². The molecule has 9 nitrogen and oxygen atoms in total. The van der Waals surface area contributed by atoms with Gasteiger partial charge in [-0.05, 0) is 13.8 Å². The molecule has 28 heavy (non-hydrogen) atoms. The quantitative estimate of drug-likeness (QED) is 0.398. The number of aliphatic imine (C=N–C) groups is 1. The second-order valence-corrected chi connectivity index (χ2v) is 6.06. The SMILES string of the molecule is CCOC(=O)C1C(C)=NC(COC)=C(C(=O)OC)C1c1ccccc1[N+](=O)[O-]. The Kier molecular flexibility index (Phi) is 7.00. The monoisotopic (exact) mass is 390 g/mol. The van der Waals surface area contributed by atoms with Crippen molar-refractivity contribution in [3.8, 4) is 0 Å². The number of nitro benzene ring substituents is 1. The molecule has 0 amide bonds. The highest BCUT2D eigenvalue weighted by Crippen LogP contribution is 2.43. The van der Waals surface area contributed by atoms with Gasteiger partial charge in [0, 0.05) is 30.4 Å². The number of nitrogens with zero attached hydrogens (tertiary/aromatic N) is 2.